The lowest BCUT2D eigenvalue weighted by molar-refractivity contribution is -0.148. The molecule has 96 valence electrons. The molecule has 17 heavy (non-hydrogen) atoms. The molecule has 0 radical (unpaired) electrons. The van der Waals surface area contributed by atoms with Gasteiger partial charge >= 0.3 is 5.97 Å². The van der Waals surface area contributed by atoms with E-state index in [0.29, 0.717) is 18.9 Å². The van der Waals surface area contributed by atoms with Crippen molar-refractivity contribution >= 4 is 11.9 Å². The minimum atomic E-state index is -0.180. The number of amides is 1. The average Bonchev–Trinajstić information content (AvgIpc) is 2.80. The summed E-state index contributed by atoms with van der Waals surface area (Å²) < 4.78 is 5.30. The molecule has 1 N–H and O–H groups in total. The van der Waals surface area contributed by atoms with E-state index in [1.807, 2.05) is 0 Å². The number of rotatable bonds is 5. The van der Waals surface area contributed by atoms with Crippen LogP contribution in [-0.2, 0) is 14.3 Å². The lowest BCUT2D eigenvalue weighted by atomic mass is 10.3. The summed E-state index contributed by atoms with van der Waals surface area (Å²) in [6.07, 6.45) is 5.72. The quantitative estimate of drug-likeness (QED) is 0.742. The van der Waals surface area contributed by atoms with E-state index in [2.05, 4.69) is 12.2 Å². The molecule has 2 atom stereocenters. The van der Waals surface area contributed by atoms with Gasteiger partial charge in [0.15, 0.2) is 0 Å². The van der Waals surface area contributed by atoms with Crippen molar-refractivity contribution in [2.24, 2.45) is 11.8 Å². The fourth-order valence-corrected chi connectivity index (χ4v) is 2.36. The highest BCUT2D eigenvalue weighted by molar-refractivity contribution is 5.81. The second-order valence-corrected chi connectivity index (χ2v) is 5.26. The largest absolute Gasteiger partial charge is 0.462 e. The van der Waals surface area contributed by atoms with Crippen LogP contribution in [0, 0.1) is 11.8 Å². The number of carbonyl (C=O) groups excluding carboxylic acids is 2. The molecule has 0 aromatic heterocycles. The Hall–Kier alpha value is -1.06. The van der Waals surface area contributed by atoms with Crippen molar-refractivity contribution in [1.82, 2.24) is 5.32 Å². The first-order valence-corrected chi connectivity index (χ1v) is 6.64. The molecular weight excluding hydrogens is 218 g/mol. The molecule has 2 saturated carbocycles. The monoisotopic (exact) mass is 239 g/mol. The normalized spacial score (nSPS) is 27.8. The summed E-state index contributed by atoms with van der Waals surface area (Å²) in [6, 6.07) is 0. The number of esters is 1. The van der Waals surface area contributed by atoms with Crippen molar-refractivity contribution in [2.75, 3.05) is 6.54 Å². The number of hydrogen-bond donors (Lipinski definition) is 1. The van der Waals surface area contributed by atoms with Crippen molar-refractivity contribution in [3.8, 4) is 0 Å². The van der Waals surface area contributed by atoms with Gasteiger partial charge in [0, 0.05) is 12.5 Å². The number of ether oxygens (including phenoxy) is 1. The van der Waals surface area contributed by atoms with Crippen molar-refractivity contribution in [3.63, 3.8) is 0 Å². The van der Waals surface area contributed by atoms with Gasteiger partial charge in [-0.3, -0.25) is 9.59 Å². The zero-order valence-corrected chi connectivity index (χ0v) is 10.4. The second kappa shape index (κ2) is 5.52. The molecule has 4 heteroatoms. The van der Waals surface area contributed by atoms with Crippen molar-refractivity contribution < 1.29 is 14.3 Å². The average molecular weight is 239 g/mol. The van der Waals surface area contributed by atoms with E-state index in [4.69, 9.17) is 4.74 Å². The second-order valence-electron chi connectivity index (χ2n) is 5.26. The number of nitrogens with one attached hydrogen (secondary N) is 1. The third-order valence-corrected chi connectivity index (χ3v) is 3.67. The first-order chi connectivity index (χ1) is 8.16. The molecule has 2 unspecified atom stereocenters. The molecule has 0 spiro atoms. The van der Waals surface area contributed by atoms with Gasteiger partial charge in [0.05, 0.1) is 6.42 Å². The molecule has 1 amide bonds. The number of carbonyl (C=O) groups is 2. The van der Waals surface area contributed by atoms with Gasteiger partial charge < -0.3 is 10.1 Å². The maximum atomic E-state index is 11.5. The molecule has 2 rings (SSSR count). The molecule has 0 heterocycles. The third-order valence-electron chi connectivity index (χ3n) is 3.67. The molecule has 4 nitrogen and oxygen atoms in total. The Morgan fingerprint density at radius 2 is 1.94 bits per heavy atom. The summed E-state index contributed by atoms with van der Waals surface area (Å²) >= 11 is 0. The molecule has 0 aromatic rings. The maximum Gasteiger partial charge on any atom is 0.307 e. The van der Waals surface area contributed by atoms with Gasteiger partial charge in [-0.25, -0.2) is 0 Å². The predicted molar refractivity (Wildman–Crippen MR) is 63.2 cm³/mol. The summed E-state index contributed by atoms with van der Waals surface area (Å²) in [4.78, 5) is 22.9. The Labute approximate surface area is 102 Å². The zero-order valence-electron chi connectivity index (χ0n) is 10.4. The maximum absolute atomic E-state index is 11.5. The van der Waals surface area contributed by atoms with Crippen LogP contribution in [-0.4, -0.2) is 24.5 Å². The topological polar surface area (TPSA) is 55.4 Å². The Morgan fingerprint density at radius 1 is 1.29 bits per heavy atom. The summed E-state index contributed by atoms with van der Waals surface area (Å²) in [5.41, 5.74) is 0. The lowest BCUT2D eigenvalue weighted by Crippen LogP contribution is -2.28. The van der Waals surface area contributed by atoms with Crippen LogP contribution < -0.4 is 5.32 Å². The van der Waals surface area contributed by atoms with Gasteiger partial charge in [0.2, 0.25) is 5.91 Å². The smallest absolute Gasteiger partial charge is 0.307 e. The zero-order chi connectivity index (χ0) is 12.3. The molecule has 0 aliphatic heterocycles. The SMILES string of the molecule is CC1CC1C(=O)NCCC(=O)OC1CCCC1. The summed E-state index contributed by atoms with van der Waals surface area (Å²) in [5, 5.41) is 2.79. The molecule has 0 bridgehead atoms. The fourth-order valence-electron chi connectivity index (χ4n) is 2.36. The summed E-state index contributed by atoms with van der Waals surface area (Å²) in [5.74, 6) is 0.605. The fraction of sp³-hybridized carbons (Fsp3) is 0.846. The minimum absolute atomic E-state index is 0.0890. The minimum Gasteiger partial charge on any atom is -0.462 e. The number of hydrogen-bond acceptors (Lipinski definition) is 3. The van der Waals surface area contributed by atoms with Crippen LogP contribution in [0.1, 0.15) is 45.4 Å². The van der Waals surface area contributed by atoms with Crippen molar-refractivity contribution in [3.05, 3.63) is 0 Å². The van der Waals surface area contributed by atoms with Gasteiger partial charge in [-0.05, 0) is 38.0 Å². The predicted octanol–water partition coefficient (Wildman–Crippen LogP) is 1.63. The Balaban J connectivity index is 1.55. The summed E-state index contributed by atoms with van der Waals surface area (Å²) in [7, 11) is 0. The van der Waals surface area contributed by atoms with E-state index in [1.165, 1.54) is 0 Å². The molecule has 0 aromatic carbocycles. The summed E-state index contributed by atoms with van der Waals surface area (Å²) in [6.45, 7) is 2.48. The van der Waals surface area contributed by atoms with Gasteiger partial charge in [-0.1, -0.05) is 6.92 Å². The van der Waals surface area contributed by atoms with Gasteiger partial charge in [0.1, 0.15) is 6.10 Å². The highest BCUT2D eigenvalue weighted by atomic mass is 16.5. The standard InChI is InChI=1S/C13H21NO3/c1-9-8-11(9)13(16)14-7-6-12(15)17-10-4-2-3-5-10/h9-11H,2-8H2,1H3,(H,14,16). The third kappa shape index (κ3) is 3.72. The first kappa shape index (κ1) is 12.4. The van der Waals surface area contributed by atoms with Crippen LogP contribution >= 0.6 is 0 Å². The molecule has 2 aliphatic carbocycles. The van der Waals surface area contributed by atoms with Gasteiger partial charge in [-0.2, -0.15) is 0 Å². The van der Waals surface area contributed by atoms with Crippen LogP contribution in [0.4, 0.5) is 0 Å². The van der Waals surface area contributed by atoms with E-state index in [1.54, 1.807) is 0 Å². The van der Waals surface area contributed by atoms with Crippen molar-refractivity contribution in [1.29, 1.82) is 0 Å². The van der Waals surface area contributed by atoms with E-state index in [9.17, 15) is 9.59 Å². The lowest BCUT2D eigenvalue weighted by Gasteiger charge is -2.11. The Kier molecular flexibility index (Phi) is 4.02. The van der Waals surface area contributed by atoms with Gasteiger partial charge in [-0.15, -0.1) is 0 Å². The molecule has 2 fully saturated rings. The van der Waals surface area contributed by atoms with Crippen LogP contribution in [0.15, 0.2) is 0 Å². The molecular formula is C13H21NO3. The molecule has 2 aliphatic rings. The van der Waals surface area contributed by atoms with Crippen LogP contribution in [0.25, 0.3) is 0 Å². The van der Waals surface area contributed by atoms with Crippen LogP contribution in [0.2, 0.25) is 0 Å². The van der Waals surface area contributed by atoms with E-state index in [-0.39, 0.29) is 23.9 Å². The van der Waals surface area contributed by atoms with Crippen molar-refractivity contribution in [2.45, 2.75) is 51.6 Å². The van der Waals surface area contributed by atoms with E-state index >= 15 is 0 Å². The molecule has 0 saturated heterocycles. The highest BCUT2D eigenvalue weighted by Crippen LogP contribution is 2.37. The first-order valence-electron chi connectivity index (χ1n) is 6.64. The van der Waals surface area contributed by atoms with Crippen LogP contribution in [0.5, 0.6) is 0 Å². The van der Waals surface area contributed by atoms with Crippen LogP contribution in [0.3, 0.4) is 0 Å². The highest BCUT2D eigenvalue weighted by Gasteiger charge is 2.38. The van der Waals surface area contributed by atoms with Gasteiger partial charge in [0.25, 0.3) is 0 Å². The van der Waals surface area contributed by atoms with E-state index in [0.717, 1.165) is 32.1 Å². The Bertz CT molecular complexity index is 297. The van der Waals surface area contributed by atoms with E-state index < -0.39 is 0 Å². The Morgan fingerprint density at radius 3 is 2.53 bits per heavy atom.